The van der Waals surface area contributed by atoms with Crippen molar-refractivity contribution < 1.29 is 25.0 Å². The molecule has 0 saturated carbocycles. The summed E-state index contributed by atoms with van der Waals surface area (Å²) in [6, 6.07) is 19.3. The lowest BCUT2D eigenvalue weighted by Gasteiger charge is -2.18. The molecule has 0 amide bonds. The lowest BCUT2D eigenvalue weighted by atomic mass is 9.85. The topological polar surface area (TPSA) is 13.1 Å². The summed E-state index contributed by atoms with van der Waals surface area (Å²) in [5.41, 5.74) is 2.66. The predicted octanol–water partition coefficient (Wildman–Crippen LogP) is 14.4. The Morgan fingerprint density at radius 1 is 0.353 bits per heavy atom. The predicted molar refractivity (Wildman–Crippen MR) is 218 cm³/mol. The van der Waals surface area contributed by atoms with Gasteiger partial charge in [0, 0.05) is 10.8 Å². The van der Waals surface area contributed by atoms with Crippen LogP contribution >= 0.6 is 0 Å². The number of furan rings is 1. The Hall–Kier alpha value is -6.70. The van der Waals surface area contributed by atoms with Gasteiger partial charge in [-0.3, -0.25) is 0 Å². The molecule has 1 aromatic heterocycles. The van der Waals surface area contributed by atoms with Gasteiger partial charge in [0.05, 0.1) is 20.6 Å². The molecule has 236 valence electrons. The number of hydrogen-bond acceptors (Lipinski definition) is 1. The van der Waals surface area contributed by atoms with Crippen LogP contribution in [0.5, 0.6) is 0 Å². The number of hydrogen-bond donors (Lipinski definition) is 0. The van der Waals surface area contributed by atoms with E-state index in [9.17, 15) is 8.22 Å². The molecule has 1 heteroatoms. The van der Waals surface area contributed by atoms with Gasteiger partial charge in [0.2, 0.25) is 0 Å². The zero-order chi connectivity index (χ0) is 46.5. The van der Waals surface area contributed by atoms with Crippen molar-refractivity contribution in [1.29, 1.82) is 0 Å². The minimum atomic E-state index is -0.736. The van der Waals surface area contributed by atoms with E-state index < -0.39 is 107 Å². The van der Waals surface area contributed by atoms with Crippen molar-refractivity contribution in [2.24, 2.45) is 0 Å². The van der Waals surface area contributed by atoms with Crippen LogP contribution < -0.4 is 0 Å². The van der Waals surface area contributed by atoms with Crippen molar-refractivity contribution in [3.8, 4) is 33.4 Å². The molecule has 0 saturated heterocycles. The summed E-state index contributed by atoms with van der Waals surface area (Å²) in [6.07, 6.45) is 0. The highest BCUT2D eigenvalue weighted by atomic mass is 16.3. The van der Waals surface area contributed by atoms with Crippen molar-refractivity contribution in [1.82, 2.24) is 0 Å². The monoisotopic (exact) mass is 661 g/mol. The molecule has 11 rings (SSSR count). The first kappa shape index (κ1) is 17.3. The molecule has 51 heavy (non-hydrogen) atoms. The van der Waals surface area contributed by atoms with Gasteiger partial charge >= 0.3 is 0 Å². The van der Waals surface area contributed by atoms with Crippen LogP contribution in [0.2, 0.25) is 0 Å². The zero-order valence-corrected chi connectivity index (χ0v) is 26.6. The Labute approximate surface area is 315 Å². The number of fused-ring (bicyclic) bond motifs is 9. The molecule has 11 aromatic rings. The summed E-state index contributed by atoms with van der Waals surface area (Å²) in [6.45, 7) is 0. The van der Waals surface area contributed by atoms with Crippen LogP contribution in [0.4, 0.5) is 0 Å². The molecule has 0 N–H and O–H groups in total. The normalized spacial score (nSPS) is 16.0. The zero-order valence-electron chi connectivity index (χ0n) is 41.6. The van der Waals surface area contributed by atoms with Gasteiger partial charge in [0.15, 0.2) is 0 Å². The van der Waals surface area contributed by atoms with E-state index in [-0.39, 0.29) is 32.7 Å². The van der Waals surface area contributed by atoms with Gasteiger partial charge in [-0.05, 0) is 124 Å². The second-order valence-corrected chi connectivity index (χ2v) is 12.5. The van der Waals surface area contributed by atoms with Crippen LogP contribution in [0, 0.1) is 0 Å². The fourth-order valence-electron chi connectivity index (χ4n) is 7.38. The minimum Gasteiger partial charge on any atom is -0.456 e. The molecule has 0 aliphatic carbocycles. The van der Waals surface area contributed by atoms with E-state index in [2.05, 4.69) is 12.1 Å². The van der Waals surface area contributed by atoms with Gasteiger partial charge in [0.1, 0.15) is 11.2 Å². The highest BCUT2D eigenvalue weighted by Crippen LogP contribution is 2.45. The summed E-state index contributed by atoms with van der Waals surface area (Å²) in [4.78, 5) is 0. The highest BCUT2D eigenvalue weighted by molar-refractivity contribution is 6.22. The Balaban J connectivity index is 1.23. The van der Waals surface area contributed by atoms with E-state index in [1.165, 1.54) is 0 Å². The molecule has 1 heterocycles. The second-order valence-electron chi connectivity index (χ2n) is 12.5. The maximum Gasteiger partial charge on any atom is 0.136 e. The summed E-state index contributed by atoms with van der Waals surface area (Å²) >= 11 is 0. The van der Waals surface area contributed by atoms with Crippen LogP contribution in [0.15, 0.2) is 186 Å². The van der Waals surface area contributed by atoms with E-state index in [0.29, 0.717) is 16.5 Å². The first-order chi connectivity index (χ1) is 31.5. The van der Waals surface area contributed by atoms with Gasteiger partial charge < -0.3 is 4.42 Å². The van der Waals surface area contributed by atoms with Gasteiger partial charge in [-0.15, -0.1) is 0 Å². The lowest BCUT2D eigenvalue weighted by Crippen LogP contribution is -1.91. The third-order valence-electron chi connectivity index (χ3n) is 9.70. The SMILES string of the molecule is [2H]c1c([2H])c([2H])c2c([2H])c(-c3c4c([2H])c([2H])c([2H])c([2H])c4c(-c4ccc5ccc(-c6ccc7c(c6)oc6ccc8ccccc8c67)cc5c4)c4c([2H])c([2H])c([2H])c([2H])c34)c([2H])c([2H])c2c1[2H]. The molecule has 0 aliphatic rings. The average molecular weight is 662 g/mol. The largest absolute Gasteiger partial charge is 0.456 e. The molecule has 0 bridgehead atoms. The molecule has 0 spiro atoms. The van der Waals surface area contributed by atoms with E-state index in [1.807, 2.05) is 60.7 Å². The van der Waals surface area contributed by atoms with Crippen LogP contribution in [0.25, 0.3) is 109 Å². The van der Waals surface area contributed by atoms with Gasteiger partial charge in [-0.25, -0.2) is 0 Å². The van der Waals surface area contributed by atoms with Crippen LogP contribution in [-0.4, -0.2) is 0 Å². The van der Waals surface area contributed by atoms with Crippen molar-refractivity contribution in [3.05, 3.63) is 182 Å². The average Bonchev–Trinajstić information content (AvgIpc) is 3.71. The molecule has 0 fully saturated rings. The Kier molecular flexibility index (Phi) is 3.70. The molecule has 1 nitrogen and oxygen atoms in total. The van der Waals surface area contributed by atoms with Crippen LogP contribution in [0.1, 0.15) is 20.6 Å². The van der Waals surface area contributed by atoms with Crippen molar-refractivity contribution in [2.45, 2.75) is 0 Å². The molecule has 0 aliphatic heterocycles. The number of rotatable bonds is 3. The quantitative estimate of drug-likeness (QED) is 0.172. The highest BCUT2D eigenvalue weighted by Gasteiger charge is 2.17. The van der Waals surface area contributed by atoms with E-state index in [1.54, 1.807) is 18.2 Å². The maximum atomic E-state index is 9.47. The first-order valence-corrected chi connectivity index (χ1v) is 16.4. The number of benzene rings is 10. The lowest BCUT2D eigenvalue weighted by molar-refractivity contribution is 0.669. The Bertz CT molecular complexity index is 3980. The smallest absolute Gasteiger partial charge is 0.136 e. The van der Waals surface area contributed by atoms with Gasteiger partial charge in [-0.1, -0.05) is 145 Å². The Morgan fingerprint density at radius 2 is 0.961 bits per heavy atom. The standard InChI is InChI=1S/C50H30O/c1-2-11-34-27-37(21-18-31(34)9-1)48-41-13-5-7-15-43(41)49(44-16-8-6-14-42(44)48)38-22-19-32-17-20-35(28-39(32)29-38)36-23-25-45-47(30-36)51-46-26-24-33-10-3-4-12-40(33)50(45)46/h1-30H/i1D,2D,5D,6D,7D,8D,9D,11D,13D,14D,15D,16D,18D,21D,27D. The summed E-state index contributed by atoms with van der Waals surface area (Å²) in [5.74, 6) is 0. The van der Waals surface area contributed by atoms with Crippen LogP contribution in [-0.2, 0) is 0 Å². The summed E-state index contributed by atoms with van der Waals surface area (Å²) in [5, 5.41) is 3.88. The summed E-state index contributed by atoms with van der Waals surface area (Å²) in [7, 11) is 0. The Morgan fingerprint density at radius 3 is 1.75 bits per heavy atom. The molecule has 10 aromatic carbocycles. The van der Waals surface area contributed by atoms with E-state index in [4.69, 9.17) is 16.8 Å². The fraction of sp³-hybridized carbons (Fsp3) is 0. The third kappa shape index (κ3) is 4.35. The molecule has 0 unspecified atom stereocenters. The second kappa shape index (κ2) is 10.9. The molecular formula is C50H30O. The van der Waals surface area contributed by atoms with E-state index >= 15 is 0 Å². The summed E-state index contributed by atoms with van der Waals surface area (Å²) < 4.78 is 141. The molecular weight excluding hydrogens is 617 g/mol. The van der Waals surface area contributed by atoms with Gasteiger partial charge in [0.25, 0.3) is 0 Å². The third-order valence-corrected chi connectivity index (χ3v) is 9.70. The van der Waals surface area contributed by atoms with E-state index in [0.717, 1.165) is 43.6 Å². The maximum absolute atomic E-state index is 9.47. The van der Waals surface area contributed by atoms with Crippen molar-refractivity contribution >= 4 is 75.8 Å². The van der Waals surface area contributed by atoms with Crippen LogP contribution in [0.3, 0.4) is 0 Å². The van der Waals surface area contributed by atoms with Gasteiger partial charge in [-0.2, -0.15) is 0 Å². The van der Waals surface area contributed by atoms with Crippen molar-refractivity contribution in [2.75, 3.05) is 0 Å². The molecule has 0 radical (unpaired) electrons. The first-order valence-electron chi connectivity index (χ1n) is 23.9. The van der Waals surface area contributed by atoms with Crippen molar-refractivity contribution in [3.63, 3.8) is 0 Å². The fourth-order valence-corrected chi connectivity index (χ4v) is 7.38. The molecule has 0 atom stereocenters. The minimum absolute atomic E-state index is 0.0397.